The fourth-order valence-electron chi connectivity index (χ4n) is 1.32. The topological polar surface area (TPSA) is 91.1 Å². The van der Waals surface area contributed by atoms with Gasteiger partial charge in [0, 0.05) is 14.2 Å². The zero-order chi connectivity index (χ0) is 10.7. The summed E-state index contributed by atoms with van der Waals surface area (Å²) in [6, 6.07) is 0. The number of hydrogen-bond acceptors (Lipinski definition) is 5. The Labute approximate surface area is 81.3 Å². The molecule has 0 bridgehead atoms. The van der Waals surface area contributed by atoms with Crippen LogP contribution in [0.25, 0.3) is 0 Å². The second kappa shape index (κ2) is 4.61. The van der Waals surface area contributed by atoms with Crippen LogP contribution < -0.4 is 0 Å². The number of methoxy groups -OCH3 is 2. The van der Waals surface area contributed by atoms with Crippen molar-refractivity contribution in [2.75, 3.05) is 20.8 Å². The van der Waals surface area contributed by atoms with E-state index in [1.165, 1.54) is 14.2 Å². The predicted octanol–water partition coefficient (Wildman–Crippen LogP) is -1.14. The lowest BCUT2D eigenvalue weighted by Crippen LogP contribution is -2.45. The summed E-state index contributed by atoms with van der Waals surface area (Å²) >= 11 is 0. The molecule has 3 atom stereocenters. The first-order valence-corrected chi connectivity index (χ1v) is 4.12. The van der Waals surface area contributed by atoms with E-state index >= 15 is 0 Å². The first kappa shape index (κ1) is 11.3. The molecule has 1 rings (SSSR count). The molecule has 14 heavy (non-hydrogen) atoms. The van der Waals surface area contributed by atoms with E-state index < -0.39 is 18.5 Å². The third-order valence-corrected chi connectivity index (χ3v) is 2.07. The minimum absolute atomic E-state index is 0.177. The number of ether oxygens (including phenoxy) is 3. The van der Waals surface area contributed by atoms with Gasteiger partial charge in [-0.2, -0.15) is 0 Å². The van der Waals surface area contributed by atoms with Crippen LogP contribution in [0.4, 0.5) is 0 Å². The number of aliphatic hydroxyl groups is 2. The largest absolute Gasteiger partial charge is 0.590 e. The molecule has 2 unspecified atom stereocenters. The van der Waals surface area contributed by atoms with Crippen molar-refractivity contribution in [2.45, 2.75) is 18.5 Å². The molecule has 0 aliphatic carbocycles. The Morgan fingerprint density at radius 2 is 2.07 bits per heavy atom. The van der Waals surface area contributed by atoms with E-state index in [4.69, 9.17) is 24.4 Å². The van der Waals surface area contributed by atoms with Gasteiger partial charge in [-0.25, -0.2) is 0 Å². The second-order valence-corrected chi connectivity index (χ2v) is 2.88. The molecule has 1 aliphatic rings. The SMILES string of the molecule is COC1C(O)=C([OH2+])[C@H](OC)OC1CO. The first-order chi connectivity index (χ1) is 6.65. The van der Waals surface area contributed by atoms with E-state index in [-0.39, 0.29) is 18.1 Å². The van der Waals surface area contributed by atoms with Crippen LogP contribution in [0.5, 0.6) is 0 Å². The lowest BCUT2D eigenvalue weighted by molar-refractivity contribution is -0.205. The third-order valence-electron chi connectivity index (χ3n) is 2.07. The Morgan fingerprint density at radius 3 is 2.50 bits per heavy atom. The highest BCUT2D eigenvalue weighted by atomic mass is 16.7. The first-order valence-electron chi connectivity index (χ1n) is 4.12. The summed E-state index contributed by atoms with van der Waals surface area (Å²) in [5.41, 5.74) is 0. The Balaban J connectivity index is 2.91. The van der Waals surface area contributed by atoms with Crippen LogP contribution in [0, 0.1) is 0 Å². The Hall–Kier alpha value is -0.820. The molecule has 0 aromatic rings. The molecule has 1 aliphatic heterocycles. The average molecular weight is 207 g/mol. The van der Waals surface area contributed by atoms with Gasteiger partial charge in [0.2, 0.25) is 5.76 Å². The van der Waals surface area contributed by atoms with Gasteiger partial charge in [0.15, 0.2) is 6.10 Å². The van der Waals surface area contributed by atoms with Gasteiger partial charge in [-0.1, -0.05) is 0 Å². The van der Waals surface area contributed by atoms with Crippen LogP contribution >= 0.6 is 0 Å². The molecular weight excluding hydrogens is 192 g/mol. The fraction of sp³-hybridized carbons (Fsp3) is 0.750. The molecule has 0 saturated heterocycles. The molecule has 0 aromatic heterocycles. The van der Waals surface area contributed by atoms with Gasteiger partial charge >= 0.3 is 5.76 Å². The molecule has 82 valence electrons. The third kappa shape index (κ3) is 1.83. The quantitative estimate of drug-likeness (QED) is 0.571. The Kier molecular flexibility index (Phi) is 3.70. The maximum absolute atomic E-state index is 9.54. The van der Waals surface area contributed by atoms with Gasteiger partial charge in [-0.15, -0.1) is 0 Å². The van der Waals surface area contributed by atoms with E-state index in [1.54, 1.807) is 0 Å². The van der Waals surface area contributed by atoms with Gasteiger partial charge in [-0.3, -0.25) is 0 Å². The molecule has 6 heteroatoms. The number of hydrogen-bond donors (Lipinski definition) is 2. The molecular formula is C8H15O6+. The maximum Gasteiger partial charge on any atom is 0.327 e. The average Bonchev–Trinajstić information content (AvgIpc) is 2.21. The van der Waals surface area contributed by atoms with Gasteiger partial charge in [0.05, 0.1) is 6.61 Å². The lowest BCUT2D eigenvalue weighted by atomic mass is 10.1. The zero-order valence-electron chi connectivity index (χ0n) is 8.06. The molecule has 1 heterocycles. The van der Waals surface area contributed by atoms with Crippen molar-refractivity contribution < 1.29 is 29.5 Å². The van der Waals surface area contributed by atoms with Crippen LogP contribution in [0.3, 0.4) is 0 Å². The Bertz CT molecular complexity index is 226. The maximum atomic E-state index is 9.54. The van der Waals surface area contributed by atoms with Gasteiger partial charge in [0.1, 0.15) is 6.10 Å². The van der Waals surface area contributed by atoms with E-state index in [9.17, 15) is 5.11 Å². The molecule has 0 saturated carbocycles. The monoisotopic (exact) mass is 207 g/mol. The number of rotatable bonds is 3. The van der Waals surface area contributed by atoms with E-state index in [0.29, 0.717) is 0 Å². The van der Waals surface area contributed by atoms with Crippen molar-refractivity contribution in [3.05, 3.63) is 11.5 Å². The van der Waals surface area contributed by atoms with Crippen LogP contribution in [0.2, 0.25) is 0 Å². The van der Waals surface area contributed by atoms with E-state index in [2.05, 4.69) is 0 Å². The smallest absolute Gasteiger partial charge is 0.327 e. The Morgan fingerprint density at radius 1 is 1.43 bits per heavy atom. The van der Waals surface area contributed by atoms with E-state index in [1.807, 2.05) is 0 Å². The summed E-state index contributed by atoms with van der Waals surface area (Å²) in [5, 5.41) is 25.9. The second-order valence-electron chi connectivity index (χ2n) is 2.88. The van der Waals surface area contributed by atoms with Gasteiger partial charge < -0.3 is 29.5 Å². The molecule has 4 N–H and O–H groups in total. The van der Waals surface area contributed by atoms with Crippen LogP contribution in [0.1, 0.15) is 0 Å². The van der Waals surface area contributed by atoms with Crippen molar-refractivity contribution in [2.24, 2.45) is 0 Å². The zero-order valence-corrected chi connectivity index (χ0v) is 8.06. The van der Waals surface area contributed by atoms with Crippen molar-refractivity contribution in [3.63, 3.8) is 0 Å². The van der Waals surface area contributed by atoms with Crippen LogP contribution in [0.15, 0.2) is 11.5 Å². The van der Waals surface area contributed by atoms with Gasteiger partial charge in [0.25, 0.3) is 6.29 Å². The minimum atomic E-state index is -0.946. The summed E-state index contributed by atoms with van der Waals surface area (Å²) in [4.78, 5) is 0. The van der Waals surface area contributed by atoms with Crippen molar-refractivity contribution in [1.82, 2.24) is 0 Å². The predicted molar refractivity (Wildman–Crippen MR) is 46.8 cm³/mol. The minimum Gasteiger partial charge on any atom is -0.590 e. The number of aliphatic hydroxyl groups excluding tert-OH is 2. The van der Waals surface area contributed by atoms with Gasteiger partial charge in [-0.05, 0) is 0 Å². The summed E-state index contributed by atoms with van der Waals surface area (Å²) < 4.78 is 14.9. The highest BCUT2D eigenvalue weighted by Gasteiger charge is 2.41. The summed E-state index contributed by atoms with van der Waals surface area (Å²) in [7, 11) is 2.72. The van der Waals surface area contributed by atoms with Crippen molar-refractivity contribution >= 4 is 0 Å². The molecule has 0 spiro atoms. The standard InChI is InChI=1S/C8H14O6/c1-12-7-4(3-9)14-8(13-2)6(11)5(7)10/h4,7-11H,3H2,1-2H3/p+1/t4?,7?,8-/m1/s1. The molecule has 0 aromatic carbocycles. The molecule has 0 radical (unpaired) electrons. The fourth-order valence-corrected chi connectivity index (χ4v) is 1.32. The molecule has 0 amide bonds. The van der Waals surface area contributed by atoms with Crippen LogP contribution in [-0.2, 0) is 14.2 Å². The normalized spacial score (nSPS) is 33.5. The summed E-state index contributed by atoms with van der Waals surface area (Å²) in [5.74, 6) is -0.436. The lowest BCUT2D eigenvalue weighted by Gasteiger charge is -2.30. The molecule has 6 nitrogen and oxygen atoms in total. The van der Waals surface area contributed by atoms with Crippen LogP contribution in [-0.4, -0.2) is 54.6 Å². The van der Waals surface area contributed by atoms with Crippen molar-refractivity contribution in [1.29, 1.82) is 0 Å². The van der Waals surface area contributed by atoms with Crippen molar-refractivity contribution in [3.8, 4) is 0 Å². The summed E-state index contributed by atoms with van der Waals surface area (Å²) in [6.45, 7) is -0.310. The highest BCUT2D eigenvalue weighted by molar-refractivity contribution is 5.12. The molecule has 0 fully saturated rings. The van der Waals surface area contributed by atoms with E-state index in [0.717, 1.165) is 0 Å². The highest BCUT2D eigenvalue weighted by Crippen LogP contribution is 2.25. The summed E-state index contributed by atoms with van der Waals surface area (Å²) in [6.07, 6.45) is -2.46.